The zero-order valence-electron chi connectivity index (χ0n) is 12.9. The Balaban J connectivity index is 2.06. The van der Waals surface area contributed by atoms with Gasteiger partial charge in [-0.05, 0) is 43.4 Å². The van der Waals surface area contributed by atoms with Crippen molar-refractivity contribution in [2.24, 2.45) is 0 Å². The summed E-state index contributed by atoms with van der Waals surface area (Å²) in [6.07, 6.45) is 6.79. The lowest BCUT2D eigenvalue weighted by molar-refractivity contribution is 0.356. The van der Waals surface area contributed by atoms with E-state index >= 15 is 0 Å². The first-order valence-corrected chi connectivity index (χ1v) is 7.44. The highest BCUT2D eigenvalue weighted by molar-refractivity contribution is 5.94. The Morgan fingerprint density at radius 2 is 1.76 bits per heavy atom. The zero-order chi connectivity index (χ0) is 14.9. The maximum absolute atomic E-state index is 5.41. The van der Waals surface area contributed by atoms with E-state index in [1.807, 2.05) is 24.4 Å². The van der Waals surface area contributed by atoms with E-state index in [0.717, 1.165) is 28.1 Å². The third-order valence-electron chi connectivity index (χ3n) is 4.40. The van der Waals surface area contributed by atoms with E-state index in [9.17, 15) is 0 Å². The Hall–Kier alpha value is -1.97. The lowest BCUT2D eigenvalue weighted by Gasteiger charge is -2.26. The third kappa shape index (κ3) is 2.62. The van der Waals surface area contributed by atoms with Crippen molar-refractivity contribution in [1.82, 2.24) is 4.98 Å². The van der Waals surface area contributed by atoms with Gasteiger partial charge in [0.15, 0.2) is 11.5 Å². The van der Waals surface area contributed by atoms with E-state index in [0.29, 0.717) is 0 Å². The molecule has 2 aromatic rings. The van der Waals surface area contributed by atoms with Crippen molar-refractivity contribution < 1.29 is 9.47 Å². The number of pyridine rings is 1. The largest absolute Gasteiger partial charge is 0.493 e. The van der Waals surface area contributed by atoms with Crippen LogP contribution < -0.4 is 14.8 Å². The van der Waals surface area contributed by atoms with Crippen molar-refractivity contribution >= 4 is 16.6 Å². The Morgan fingerprint density at radius 3 is 2.43 bits per heavy atom. The number of nitrogens with one attached hydrogen (secondary N) is 1. The van der Waals surface area contributed by atoms with E-state index in [-0.39, 0.29) is 5.54 Å². The molecular formula is C17H22N2O2. The van der Waals surface area contributed by atoms with Gasteiger partial charge in [0, 0.05) is 17.1 Å². The van der Waals surface area contributed by atoms with Gasteiger partial charge in [-0.3, -0.25) is 0 Å². The van der Waals surface area contributed by atoms with Gasteiger partial charge < -0.3 is 14.8 Å². The van der Waals surface area contributed by atoms with Gasteiger partial charge >= 0.3 is 0 Å². The second kappa shape index (κ2) is 5.43. The van der Waals surface area contributed by atoms with Crippen LogP contribution in [0.3, 0.4) is 0 Å². The summed E-state index contributed by atoms with van der Waals surface area (Å²) in [4.78, 5) is 4.54. The summed E-state index contributed by atoms with van der Waals surface area (Å²) in [5.74, 6) is 2.41. The Bertz CT molecular complexity index is 649. The quantitative estimate of drug-likeness (QED) is 0.922. The molecule has 0 saturated heterocycles. The van der Waals surface area contributed by atoms with Gasteiger partial charge in [-0.1, -0.05) is 12.8 Å². The van der Waals surface area contributed by atoms with Gasteiger partial charge in [0.1, 0.15) is 5.82 Å². The highest BCUT2D eigenvalue weighted by Crippen LogP contribution is 2.37. The minimum atomic E-state index is 0.147. The van der Waals surface area contributed by atoms with Gasteiger partial charge in [-0.2, -0.15) is 0 Å². The van der Waals surface area contributed by atoms with Gasteiger partial charge in [0.25, 0.3) is 0 Å². The molecule has 1 aliphatic rings. The molecule has 4 nitrogen and oxygen atoms in total. The maximum atomic E-state index is 5.41. The van der Waals surface area contributed by atoms with E-state index in [1.165, 1.54) is 25.7 Å². The number of aromatic nitrogens is 1. The van der Waals surface area contributed by atoms with Crippen LogP contribution in [0.25, 0.3) is 10.8 Å². The van der Waals surface area contributed by atoms with Crippen LogP contribution in [-0.2, 0) is 0 Å². The molecule has 0 unspecified atom stereocenters. The zero-order valence-corrected chi connectivity index (χ0v) is 12.9. The summed E-state index contributed by atoms with van der Waals surface area (Å²) in [6, 6.07) is 6.00. The maximum Gasteiger partial charge on any atom is 0.161 e. The lowest BCUT2D eigenvalue weighted by Crippen LogP contribution is -2.31. The number of ether oxygens (including phenoxy) is 2. The highest BCUT2D eigenvalue weighted by atomic mass is 16.5. The molecule has 1 fully saturated rings. The lowest BCUT2D eigenvalue weighted by atomic mass is 10.00. The van der Waals surface area contributed by atoms with Gasteiger partial charge in [-0.15, -0.1) is 0 Å². The van der Waals surface area contributed by atoms with E-state index < -0.39 is 0 Å². The van der Waals surface area contributed by atoms with Crippen LogP contribution >= 0.6 is 0 Å². The molecule has 1 aliphatic carbocycles. The van der Waals surface area contributed by atoms with Crippen LogP contribution in [0.15, 0.2) is 24.4 Å². The predicted molar refractivity (Wildman–Crippen MR) is 85.3 cm³/mol. The fourth-order valence-electron chi connectivity index (χ4n) is 3.17. The average Bonchev–Trinajstić information content (AvgIpc) is 2.92. The standard InChI is InChI=1S/C17H22N2O2/c1-17(7-4-5-8-17)19-16-13-11-15(21-3)14(20-2)10-12(13)6-9-18-16/h6,9-11H,4-5,7-8H2,1-3H3,(H,18,19). The third-order valence-corrected chi connectivity index (χ3v) is 4.40. The normalized spacial score (nSPS) is 16.9. The first kappa shape index (κ1) is 14.0. The van der Waals surface area contributed by atoms with Crippen molar-refractivity contribution in [2.45, 2.75) is 38.1 Å². The summed E-state index contributed by atoms with van der Waals surface area (Å²) in [5.41, 5.74) is 0.147. The van der Waals surface area contributed by atoms with Crippen LogP contribution in [0, 0.1) is 0 Å². The van der Waals surface area contributed by atoms with Crippen LogP contribution in [0.4, 0.5) is 5.82 Å². The van der Waals surface area contributed by atoms with Crippen LogP contribution in [-0.4, -0.2) is 24.7 Å². The number of nitrogens with zero attached hydrogens (tertiary/aromatic N) is 1. The number of benzene rings is 1. The molecule has 1 heterocycles. The number of anilines is 1. The number of hydrogen-bond acceptors (Lipinski definition) is 4. The van der Waals surface area contributed by atoms with Crippen molar-refractivity contribution in [2.75, 3.05) is 19.5 Å². The molecule has 0 atom stereocenters. The first-order valence-electron chi connectivity index (χ1n) is 7.44. The van der Waals surface area contributed by atoms with E-state index in [1.54, 1.807) is 14.2 Å². The van der Waals surface area contributed by atoms with Crippen molar-refractivity contribution in [3.63, 3.8) is 0 Å². The Labute approximate surface area is 125 Å². The molecule has 1 aromatic carbocycles. The van der Waals surface area contributed by atoms with E-state index in [2.05, 4.69) is 17.2 Å². The second-order valence-corrected chi connectivity index (χ2v) is 5.98. The number of hydrogen-bond donors (Lipinski definition) is 1. The summed E-state index contributed by atoms with van der Waals surface area (Å²) >= 11 is 0. The second-order valence-electron chi connectivity index (χ2n) is 5.98. The Morgan fingerprint density at radius 1 is 1.10 bits per heavy atom. The summed E-state index contributed by atoms with van der Waals surface area (Å²) < 4.78 is 10.8. The molecule has 4 heteroatoms. The first-order chi connectivity index (χ1) is 10.1. The summed E-state index contributed by atoms with van der Waals surface area (Å²) in [5, 5.41) is 5.82. The van der Waals surface area contributed by atoms with Crippen molar-refractivity contribution in [3.8, 4) is 11.5 Å². The molecule has 0 spiro atoms. The molecule has 112 valence electrons. The van der Waals surface area contributed by atoms with Crippen molar-refractivity contribution in [3.05, 3.63) is 24.4 Å². The molecule has 1 aromatic heterocycles. The Kier molecular flexibility index (Phi) is 3.62. The minimum absolute atomic E-state index is 0.147. The predicted octanol–water partition coefficient (Wildman–Crippen LogP) is 4.00. The van der Waals surface area contributed by atoms with Crippen molar-refractivity contribution in [1.29, 1.82) is 0 Å². The number of methoxy groups -OCH3 is 2. The topological polar surface area (TPSA) is 43.4 Å². The smallest absolute Gasteiger partial charge is 0.161 e. The molecule has 0 radical (unpaired) electrons. The minimum Gasteiger partial charge on any atom is -0.493 e. The van der Waals surface area contributed by atoms with Gasteiger partial charge in [0.05, 0.1) is 14.2 Å². The van der Waals surface area contributed by atoms with Crippen LogP contribution in [0.2, 0.25) is 0 Å². The van der Waals surface area contributed by atoms with Crippen LogP contribution in [0.1, 0.15) is 32.6 Å². The molecule has 0 amide bonds. The molecule has 0 bridgehead atoms. The van der Waals surface area contributed by atoms with Gasteiger partial charge in [-0.25, -0.2) is 4.98 Å². The molecule has 0 aliphatic heterocycles. The number of rotatable bonds is 4. The van der Waals surface area contributed by atoms with Crippen LogP contribution in [0.5, 0.6) is 11.5 Å². The SMILES string of the molecule is COc1cc2ccnc(NC3(C)CCCC3)c2cc1OC. The molecule has 1 N–H and O–H groups in total. The molecule has 3 rings (SSSR count). The molecule has 1 saturated carbocycles. The number of fused-ring (bicyclic) bond motifs is 1. The fourth-order valence-corrected chi connectivity index (χ4v) is 3.17. The summed E-state index contributed by atoms with van der Waals surface area (Å²) in [7, 11) is 3.31. The fraction of sp³-hybridized carbons (Fsp3) is 0.471. The highest BCUT2D eigenvalue weighted by Gasteiger charge is 2.29. The molecule has 21 heavy (non-hydrogen) atoms. The van der Waals surface area contributed by atoms with E-state index in [4.69, 9.17) is 9.47 Å². The van der Waals surface area contributed by atoms with Gasteiger partial charge in [0.2, 0.25) is 0 Å². The average molecular weight is 286 g/mol. The monoisotopic (exact) mass is 286 g/mol. The summed E-state index contributed by atoms with van der Waals surface area (Å²) in [6.45, 7) is 2.28. The molecular weight excluding hydrogens is 264 g/mol.